The second-order valence-corrected chi connectivity index (χ2v) is 41.5. The number of carbonyl (C=O) groups excluding carboxylic acids is 12. The molecule has 2 unspecified atom stereocenters. The molecular weight excluding hydrogens is 1940 g/mol. The van der Waals surface area contributed by atoms with Crippen LogP contribution in [-0.2, 0) is 104 Å². The molecule has 8 rings (SSSR count). The van der Waals surface area contributed by atoms with E-state index in [0.717, 1.165) is 64.7 Å². The smallest absolute Gasteiger partial charge is 0.300 e. The molecule has 4 aromatic rings. The number of carbonyl (C=O) groups is 13. The minimum atomic E-state index is -1.55. The molecule has 0 radical (unpaired) electrons. The maximum absolute atomic E-state index is 14.9. The summed E-state index contributed by atoms with van der Waals surface area (Å²) in [6, 6.07) is 13.5. The van der Waals surface area contributed by atoms with Gasteiger partial charge in [-0.1, -0.05) is 249 Å². The average molecular weight is 2120 g/mol. The number of ether oxygens (including phenoxy) is 4. The number of phenols is 2. The number of aliphatic hydroxyl groups excluding tert-OH is 3. The second kappa shape index (κ2) is 70.3. The van der Waals surface area contributed by atoms with Gasteiger partial charge in [0.05, 0.1) is 30.8 Å². The molecular formula is C117H184N7O23Zn-. The number of aromatic hydroxyl groups is 2. The predicted molar refractivity (Wildman–Crippen MR) is 575 cm³/mol. The first-order chi connectivity index (χ1) is 69.6. The number of carboxylic acids is 1. The van der Waals surface area contributed by atoms with Crippen LogP contribution in [0.3, 0.4) is 0 Å². The van der Waals surface area contributed by atoms with Crippen molar-refractivity contribution in [3.63, 3.8) is 0 Å². The van der Waals surface area contributed by atoms with Gasteiger partial charge < -0.3 is 94.6 Å². The molecule has 31 heteroatoms. The van der Waals surface area contributed by atoms with E-state index in [0.29, 0.717) is 104 Å². The number of aliphatic hydroxyl groups is 3. The van der Waals surface area contributed by atoms with Gasteiger partial charge in [-0.2, -0.15) is 0 Å². The van der Waals surface area contributed by atoms with Crippen molar-refractivity contribution < 1.29 is 131 Å². The fraction of sp³-hybridized carbons (Fsp3) is 0.675. The number of nitrogens with two attached hydrogens (primary N) is 3. The third kappa shape index (κ3) is 43.0. The molecule has 30 nitrogen and oxygen atoms in total. The molecule has 828 valence electrons. The average Bonchev–Trinajstić information content (AvgIpc) is 0.773. The van der Waals surface area contributed by atoms with Crippen molar-refractivity contribution in [2.24, 2.45) is 70.5 Å². The van der Waals surface area contributed by atoms with Gasteiger partial charge in [-0.05, 0) is 167 Å². The van der Waals surface area contributed by atoms with Gasteiger partial charge in [-0.25, -0.2) is 0 Å². The molecule has 8 bridgehead atoms. The molecule has 4 amide bonds. The van der Waals surface area contributed by atoms with E-state index in [1.54, 1.807) is 89.3 Å². The van der Waals surface area contributed by atoms with Gasteiger partial charge >= 0.3 is 0 Å². The summed E-state index contributed by atoms with van der Waals surface area (Å²) in [5.41, 5.74) is 21.1. The first kappa shape index (κ1) is 133. The SMILES string of the molecule is CC.CC(=O)O.CCCCCCCCCCCCCC(=O)C[C@@H](CCCCN)C(=O)N(C)[C@@H]1C(=O)C[C@@H](C)C(=O)N[C@H](C(=O)C[C@@H](C)C(C)=O)Cc2ccc(O)c(c2)-c2cc1ccc2OC1O[C@H](CC)[C@@H](C)[C@H](C)[C@H]1C.CCCCCCCCCCCCCC(=O)C[C@@H](CCCCN)C(=O)N(C)[C@@H]1C(=O)C[C@@H](C)C(=O)N[C@H](C(=O)C[C@@H](C)C(C)=O)Cc2ccc(O)c(c2)-c2cc1ccc2OC1O[C@H](CO)[C@@H](O)[C@H](O)[C@H]1N.[CH3-].[Zn]. The fourth-order valence-corrected chi connectivity index (χ4v) is 19.7. The normalized spacial score (nSPS) is 22.6. The summed E-state index contributed by atoms with van der Waals surface area (Å²) in [6.45, 7) is 27.6. The van der Waals surface area contributed by atoms with Crippen molar-refractivity contribution in [2.45, 2.75) is 421 Å². The fourth-order valence-electron chi connectivity index (χ4n) is 19.7. The Balaban J connectivity index is 0.000000712. The maximum Gasteiger partial charge on any atom is 0.300 e. The number of hydrogen-bond acceptors (Lipinski definition) is 25. The van der Waals surface area contributed by atoms with Crippen molar-refractivity contribution in [2.75, 3.05) is 33.8 Å². The largest absolute Gasteiger partial charge is 0.507 e. The Morgan fingerprint density at radius 1 is 0.459 bits per heavy atom. The first-order valence-electron chi connectivity index (χ1n) is 54.7. The van der Waals surface area contributed by atoms with Gasteiger partial charge in [0.2, 0.25) is 36.2 Å². The Bertz CT molecular complexity index is 4490. The number of Topliss-reactive ketones (excluding diaryl/α,β-unsaturated/α-hetero) is 8. The van der Waals surface area contributed by atoms with E-state index in [9.17, 15) is 83.1 Å². The molecule has 4 aromatic carbocycles. The first-order valence-corrected chi connectivity index (χ1v) is 54.7. The zero-order chi connectivity index (χ0) is 109. The summed E-state index contributed by atoms with van der Waals surface area (Å²) in [7, 11) is 3.08. The van der Waals surface area contributed by atoms with Crippen LogP contribution < -0.4 is 37.3 Å². The number of nitrogens with zero attached hydrogens (tertiary/aromatic N) is 2. The number of benzene rings is 4. The topological polar surface area (TPSA) is 489 Å². The molecule has 0 aromatic heterocycles. The number of aliphatic carboxylic acids is 1. The van der Waals surface area contributed by atoms with Crippen molar-refractivity contribution >= 4 is 75.9 Å². The Morgan fingerprint density at radius 2 is 0.811 bits per heavy atom. The van der Waals surface area contributed by atoms with E-state index < -0.39 is 144 Å². The Labute approximate surface area is 895 Å². The van der Waals surface area contributed by atoms with Crippen molar-refractivity contribution in [1.82, 2.24) is 20.4 Å². The van der Waals surface area contributed by atoms with Crippen molar-refractivity contribution in [3.8, 4) is 45.3 Å². The molecule has 2 fully saturated rings. The number of ketones is 8. The van der Waals surface area contributed by atoms with E-state index >= 15 is 0 Å². The third-order valence-electron chi connectivity index (χ3n) is 29.6. The summed E-state index contributed by atoms with van der Waals surface area (Å²) >= 11 is 0. The quantitative estimate of drug-likeness (QED) is 0.0111. The molecule has 14 N–H and O–H groups in total. The molecule has 2 saturated heterocycles. The summed E-state index contributed by atoms with van der Waals surface area (Å²) in [5, 5.41) is 67.5. The number of carboxylic acid groups (broad SMARTS) is 1. The van der Waals surface area contributed by atoms with Crippen LogP contribution in [0.2, 0.25) is 0 Å². The van der Waals surface area contributed by atoms with E-state index in [4.69, 9.17) is 46.0 Å². The summed E-state index contributed by atoms with van der Waals surface area (Å²) < 4.78 is 25.5. The third-order valence-corrected chi connectivity index (χ3v) is 29.6. The van der Waals surface area contributed by atoms with Gasteiger partial charge in [-0.3, -0.25) is 62.3 Å². The molecule has 4 aliphatic rings. The Kier molecular flexibility index (Phi) is 63.3. The molecule has 0 spiro atoms. The van der Waals surface area contributed by atoms with E-state index in [1.165, 1.54) is 139 Å². The van der Waals surface area contributed by atoms with Crippen molar-refractivity contribution in [1.29, 1.82) is 0 Å². The van der Waals surface area contributed by atoms with Gasteiger partial charge in [0.15, 0.2) is 23.1 Å². The van der Waals surface area contributed by atoms with Crippen LogP contribution in [0.1, 0.15) is 376 Å². The van der Waals surface area contributed by atoms with Gasteiger partial charge in [0.25, 0.3) is 5.97 Å². The Morgan fingerprint density at radius 3 is 1.16 bits per heavy atom. The zero-order valence-corrected chi connectivity index (χ0v) is 95.6. The number of phenolic OH excluding ortho intramolecular Hbond substituents is 2. The Hall–Kier alpha value is -8.91. The molecule has 20 atom stereocenters. The number of hydrogen-bond donors (Lipinski definition) is 11. The maximum atomic E-state index is 14.9. The summed E-state index contributed by atoms with van der Waals surface area (Å²) in [5.74, 6) is -8.59. The molecule has 4 heterocycles. The van der Waals surface area contributed by atoms with E-state index in [2.05, 4.69) is 52.2 Å². The summed E-state index contributed by atoms with van der Waals surface area (Å²) in [6.07, 6.45) is 23.1. The van der Waals surface area contributed by atoms with Gasteiger partial charge in [0, 0.05) is 156 Å². The standard InChI is InChI=1S/C58H89N3O9.C54H82N4O12.C2H4O2.C2H6.CH3.Zn/c1-10-12-13-14-15-16-17-18-19-20-21-25-46(63)35-45(24-22-23-30-59)57(68)61(9)55-44-27-29-54(70-58-41(7)39(5)40(6)53(11-2)69-58)48(36-44)47-33-43(26-28-50(47)64)34-49(51(65)31-37(3)42(8)62)60-56(67)38(4)32-52(55)66;1-6-7-8-9-10-11-12-13-14-15-16-20-39(61)30-38(19-17-18-25-55)53(68)58(5)49-37-22-24-46(69-54-48(56)51(66)50(65)47(32-59)70-54)41(31-37)40-28-36(21-23-43(40)62)29-42(44(63)26-33(2)35(4)60)57-52(67)34(3)27-45(49)64;1-2(3)4;1-2;;/h26-29,33,36-41,45,49,53,55,58,64H,10-25,30-32,34-35,59H2,1-9H3,(H,60,67);21-24,28,31,33-34,38,42,47-51,54,59,62,65-66H,6-20,25-27,29-30,32,55-56H2,1-5H3,(H,57,67);1H3,(H,3,4);1-2H3;1H3;/q;;;;-1;/t37-,38-,39+,40+,41-,45-,49+,53-,55+,58?;33-,34-,38-,42+,47-,48-,49+,50-,51-,54?;;;;/m11..../s1. The minimum Gasteiger partial charge on any atom is -0.507 e. The van der Waals surface area contributed by atoms with Crippen molar-refractivity contribution in [3.05, 3.63) is 102 Å². The van der Waals surface area contributed by atoms with E-state index in [1.807, 2.05) is 13.8 Å². The van der Waals surface area contributed by atoms with Crippen LogP contribution >= 0.6 is 0 Å². The molecule has 4 aliphatic heterocycles. The van der Waals surface area contributed by atoms with Crippen LogP contribution in [0.5, 0.6) is 23.0 Å². The number of amides is 4. The van der Waals surface area contributed by atoms with Crippen LogP contribution in [0.15, 0.2) is 72.8 Å². The van der Waals surface area contributed by atoms with Gasteiger partial charge in [0.1, 0.15) is 76.5 Å². The minimum absolute atomic E-state index is 0. The predicted octanol–water partition coefficient (Wildman–Crippen LogP) is 18.7. The van der Waals surface area contributed by atoms with Crippen LogP contribution in [-0.4, -0.2) is 205 Å². The molecule has 148 heavy (non-hydrogen) atoms. The monoisotopic (exact) mass is 2120 g/mol. The second-order valence-electron chi connectivity index (χ2n) is 41.5. The number of fused-ring (bicyclic) bond motifs is 10. The number of unbranched alkanes of at least 4 members (excludes halogenated alkanes) is 22. The van der Waals surface area contributed by atoms with E-state index in [-0.39, 0.29) is 165 Å². The number of likely N-dealkylation sites (N-methyl/N-ethyl adjacent to an activating group) is 2. The molecule has 0 saturated carbocycles. The summed E-state index contributed by atoms with van der Waals surface area (Å²) in [4.78, 5) is 179. The van der Waals surface area contributed by atoms with Gasteiger partial charge in [-0.15, -0.1) is 0 Å². The number of rotatable bonds is 54. The van der Waals surface area contributed by atoms with Crippen LogP contribution in [0.25, 0.3) is 22.3 Å². The number of nitrogens with one attached hydrogen (secondary N) is 2. The molecule has 0 aliphatic carbocycles. The van der Waals surface area contributed by atoms with Crippen LogP contribution in [0, 0.1) is 60.7 Å². The van der Waals surface area contributed by atoms with Crippen LogP contribution in [0.4, 0.5) is 0 Å². The zero-order valence-electron chi connectivity index (χ0n) is 92.6.